The van der Waals surface area contributed by atoms with Crippen LogP contribution in [0.2, 0.25) is 0 Å². The topological polar surface area (TPSA) is 37.4 Å². The van der Waals surface area contributed by atoms with Crippen LogP contribution in [0.15, 0.2) is 30.3 Å². The highest BCUT2D eigenvalue weighted by molar-refractivity contribution is 7.90. The Kier molecular flexibility index (Phi) is 4.81. The number of sulfonamides is 1. The van der Waals surface area contributed by atoms with Crippen molar-refractivity contribution in [3.05, 3.63) is 35.9 Å². The molecular formula is C11H12ClNO2S. The molecule has 0 amide bonds. The molecule has 86 valence electrons. The lowest BCUT2D eigenvalue weighted by atomic mass is 10.2. The maximum atomic E-state index is 11.6. The van der Waals surface area contributed by atoms with Gasteiger partial charge in [0.25, 0.3) is 0 Å². The van der Waals surface area contributed by atoms with Crippen LogP contribution in [0.5, 0.6) is 0 Å². The smallest absolute Gasteiger partial charge is 0.211 e. The molecular weight excluding hydrogens is 246 g/mol. The second kappa shape index (κ2) is 5.90. The Morgan fingerprint density at radius 1 is 1.31 bits per heavy atom. The summed E-state index contributed by atoms with van der Waals surface area (Å²) in [7, 11) is -3.46. The number of benzene rings is 1. The summed E-state index contributed by atoms with van der Waals surface area (Å²) in [4.78, 5) is 0. The maximum Gasteiger partial charge on any atom is 0.229 e. The first-order chi connectivity index (χ1) is 7.60. The van der Waals surface area contributed by atoms with Crippen molar-refractivity contribution in [2.24, 2.45) is 0 Å². The molecule has 0 aliphatic carbocycles. The van der Waals surface area contributed by atoms with Gasteiger partial charge in [-0.25, -0.2) is 8.42 Å². The Bertz CT molecular complexity index is 465. The van der Waals surface area contributed by atoms with Crippen molar-refractivity contribution in [1.82, 2.24) is 4.31 Å². The molecule has 0 heterocycles. The molecule has 3 nitrogen and oxygen atoms in total. The van der Waals surface area contributed by atoms with Crippen molar-refractivity contribution in [2.75, 3.05) is 11.8 Å². The van der Waals surface area contributed by atoms with Crippen LogP contribution in [-0.4, -0.2) is 24.5 Å². The maximum absolute atomic E-state index is 11.6. The zero-order valence-electron chi connectivity index (χ0n) is 8.64. The zero-order valence-corrected chi connectivity index (χ0v) is 10.2. The quantitative estimate of drug-likeness (QED) is 0.594. The van der Waals surface area contributed by atoms with E-state index in [-0.39, 0.29) is 13.1 Å². The van der Waals surface area contributed by atoms with E-state index in [9.17, 15) is 8.42 Å². The molecule has 1 rings (SSSR count). The Morgan fingerprint density at radius 3 is 2.44 bits per heavy atom. The van der Waals surface area contributed by atoms with Crippen molar-refractivity contribution in [1.29, 1.82) is 0 Å². The van der Waals surface area contributed by atoms with E-state index in [0.717, 1.165) is 5.56 Å². The fourth-order valence-electron chi connectivity index (χ4n) is 1.21. The molecule has 0 saturated heterocycles. The van der Waals surface area contributed by atoms with Crippen LogP contribution >= 0.6 is 11.6 Å². The van der Waals surface area contributed by atoms with Crippen LogP contribution < -0.4 is 0 Å². The normalized spacial score (nSPS) is 11.3. The van der Waals surface area contributed by atoms with Gasteiger partial charge in [0.05, 0.1) is 6.54 Å². The second-order valence-corrected chi connectivity index (χ2v) is 5.73. The molecule has 0 saturated carbocycles. The lowest BCUT2D eigenvalue weighted by Crippen LogP contribution is -2.31. The molecule has 16 heavy (non-hydrogen) atoms. The molecule has 0 radical (unpaired) electrons. The highest BCUT2D eigenvalue weighted by atomic mass is 35.5. The minimum absolute atomic E-state index is 0.0317. The lowest BCUT2D eigenvalue weighted by molar-refractivity contribution is 0.446. The molecule has 0 atom stereocenters. The number of nitrogens with zero attached hydrogens (tertiary/aromatic N) is 1. The van der Waals surface area contributed by atoms with Gasteiger partial charge in [0, 0.05) is 6.54 Å². The summed E-state index contributed by atoms with van der Waals surface area (Å²) >= 11 is 5.39. The van der Waals surface area contributed by atoms with E-state index in [2.05, 4.69) is 5.92 Å². The summed E-state index contributed by atoms with van der Waals surface area (Å²) in [5.74, 6) is 2.32. The van der Waals surface area contributed by atoms with Gasteiger partial charge >= 0.3 is 0 Å². The highest BCUT2D eigenvalue weighted by Crippen LogP contribution is 2.10. The molecule has 0 bridgehead atoms. The van der Waals surface area contributed by atoms with Gasteiger partial charge in [-0.2, -0.15) is 4.31 Å². The molecule has 1 aromatic carbocycles. The van der Waals surface area contributed by atoms with Gasteiger partial charge < -0.3 is 0 Å². The third-order valence-electron chi connectivity index (χ3n) is 2.00. The summed E-state index contributed by atoms with van der Waals surface area (Å²) in [6.07, 6.45) is 5.14. The van der Waals surface area contributed by atoms with Crippen molar-refractivity contribution in [3.63, 3.8) is 0 Å². The standard InChI is InChI=1S/C11H12ClNO2S/c1-2-8-13(16(14,15)10-12)9-11-6-4-3-5-7-11/h1,3-7H,8-10H2. The number of halogens is 1. The van der Waals surface area contributed by atoms with E-state index in [1.165, 1.54) is 4.31 Å². The second-order valence-electron chi connectivity index (χ2n) is 3.18. The molecule has 5 heteroatoms. The van der Waals surface area contributed by atoms with E-state index >= 15 is 0 Å². The number of hydrogen-bond donors (Lipinski definition) is 0. The van der Waals surface area contributed by atoms with Crippen LogP contribution in [0, 0.1) is 12.3 Å². The third kappa shape index (κ3) is 3.53. The van der Waals surface area contributed by atoms with Gasteiger partial charge in [-0.15, -0.1) is 18.0 Å². The molecule has 0 aromatic heterocycles. The van der Waals surface area contributed by atoms with Crippen molar-refractivity contribution in [2.45, 2.75) is 6.54 Å². The first-order valence-corrected chi connectivity index (χ1v) is 6.75. The molecule has 0 aliphatic rings. The summed E-state index contributed by atoms with van der Waals surface area (Å²) in [6, 6.07) is 9.24. The van der Waals surface area contributed by atoms with Gasteiger partial charge in [0.1, 0.15) is 5.21 Å². The monoisotopic (exact) mass is 257 g/mol. The first kappa shape index (κ1) is 13.0. The molecule has 1 aromatic rings. The average Bonchev–Trinajstić information content (AvgIpc) is 2.30. The lowest BCUT2D eigenvalue weighted by Gasteiger charge is -2.18. The molecule has 0 spiro atoms. The van der Waals surface area contributed by atoms with E-state index in [0.29, 0.717) is 0 Å². The fraction of sp³-hybridized carbons (Fsp3) is 0.273. The number of hydrogen-bond acceptors (Lipinski definition) is 2. The average molecular weight is 258 g/mol. The minimum atomic E-state index is -3.46. The van der Waals surface area contributed by atoms with E-state index in [4.69, 9.17) is 18.0 Å². The highest BCUT2D eigenvalue weighted by Gasteiger charge is 2.19. The molecule has 0 unspecified atom stereocenters. The van der Waals surface area contributed by atoms with Crippen LogP contribution in [0.25, 0.3) is 0 Å². The van der Waals surface area contributed by atoms with Gasteiger partial charge in [-0.3, -0.25) is 0 Å². The van der Waals surface area contributed by atoms with Gasteiger partial charge in [-0.05, 0) is 5.56 Å². The van der Waals surface area contributed by atoms with Crippen molar-refractivity contribution >= 4 is 21.6 Å². The number of rotatable bonds is 5. The first-order valence-electron chi connectivity index (χ1n) is 4.61. The van der Waals surface area contributed by atoms with Gasteiger partial charge in [0.2, 0.25) is 10.0 Å². The summed E-state index contributed by atoms with van der Waals surface area (Å²) in [5, 5.41) is -0.457. The predicted octanol–water partition coefficient (Wildman–Crippen LogP) is 1.65. The van der Waals surface area contributed by atoms with Gasteiger partial charge in [-0.1, -0.05) is 36.3 Å². The Hall–Kier alpha value is -1.02. The Labute approximate surface area is 101 Å². The van der Waals surface area contributed by atoms with Crippen LogP contribution in [0.4, 0.5) is 0 Å². The van der Waals surface area contributed by atoms with E-state index < -0.39 is 15.2 Å². The number of alkyl halides is 1. The summed E-state index contributed by atoms with van der Waals surface area (Å²) in [5.41, 5.74) is 0.881. The SMILES string of the molecule is C#CCN(Cc1ccccc1)S(=O)(=O)CCl. The largest absolute Gasteiger partial charge is 0.229 e. The number of terminal acetylenes is 1. The van der Waals surface area contributed by atoms with Gasteiger partial charge in [0.15, 0.2) is 0 Å². The zero-order chi connectivity index (χ0) is 12.0. The minimum Gasteiger partial charge on any atom is -0.211 e. The van der Waals surface area contributed by atoms with Crippen molar-refractivity contribution < 1.29 is 8.42 Å². The Morgan fingerprint density at radius 2 is 1.94 bits per heavy atom. The summed E-state index contributed by atoms with van der Waals surface area (Å²) < 4.78 is 24.4. The fourth-order valence-corrected chi connectivity index (χ4v) is 2.38. The van der Waals surface area contributed by atoms with Crippen LogP contribution in [0.3, 0.4) is 0 Å². The van der Waals surface area contributed by atoms with E-state index in [1.807, 2.05) is 30.3 Å². The van der Waals surface area contributed by atoms with E-state index in [1.54, 1.807) is 0 Å². The summed E-state index contributed by atoms with van der Waals surface area (Å²) in [6.45, 7) is 0.282. The van der Waals surface area contributed by atoms with Crippen LogP contribution in [0.1, 0.15) is 5.56 Å². The van der Waals surface area contributed by atoms with Crippen molar-refractivity contribution in [3.8, 4) is 12.3 Å². The molecule has 0 aliphatic heterocycles. The predicted molar refractivity (Wildman–Crippen MR) is 65.3 cm³/mol. The Balaban J connectivity index is 2.86. The molecule has 0 N–H and O–H groups in total. The third-order valence-corrected chi connectivity index (χ3v) is 4.15. The van der Waals surface area contributed by atoms with Crippen LogP contribution in [-0.2, 0) is 16.6 Å². The molecule has 0 fully saturated rings.